The molecule has 0 N–H and O–H groups in total. The van der Waals surface area contributed by atoms with Gasteiger partial charge in [0.1, 0.15) is 0 Å². The molecule has 0 amide bonds. The zero-order valence-corrected chi connectivity index (χ0v) is 8.03. The first-order chi connectivity index (χ1) is 6.88. The van der Waals surface area contributed by atoms with Crippen molar-refractivity contribution < 1.29 is 19.1 Å². The van der Waals surface area contributed by atoms with E-state index in [-0.39, 0.29) is 0 Å². The molecule has 2 radical (unpaired) electrons. The lowest BCUT2D eigenvalue weighted by Crippen LogP contribution is -2.27. The molecule has 0 bridgehead atoms. The maximum Gasteiger partial charge on any atom is 0.417 e. The lowest BCUT2D eigenvalue weighted by Gasteiger charge is -2.29. The van der Waals surface area contributed by atoms with Gasteiger partial charge in [-0.3, -0.25) is 0 Å². The molecule has 1 saturated carbocycles. The minimum atomic E-state index is 0.304. The SMILES string of the molecule is O=[C]OCC1CCCCC1CO[C]=O. The fourth-order valence-electron chi connectivity index (χ4n) is 2.01. The lowest BCUT2D eigenvalue weighted by molar-refractivity contribution is 0.0923. The molecule has 2 unspecified atom stereocenters. The molecule has 1 fully saturated rings. The zero-order chi connectivity index (χ0) is 10.2. The molecule has 1 rings (SSSR count). The van der Waals surface area contributed by atoms with E-state index in [1.54, 1.807) is 0 Å². The molecule has 4 nitrogen and oxygen atoms in total. The van der Waals surface area contributed by atoms with Crippen LogP contribution in [0.15, 0.2) is 0 Å². The average Bonchev–Trinajstić information content (AvgIpc) is 2.24. The van der Waals surface area contributed by atoms with E-state index in [2.05, 4.69) is 9.47 Å². The second-order valence-electron chi connectivity index (χ2n) is 3.59. The van der Waals surface area contributed by atoms with Gasteiger partial charge in [-0.15, -0.1) is 0 Å². The summed E-state index contributed by atoms with van der Waals surface area (Å²) >= 11 is 0. The van der Waals surface area contributed by atoms with Crippen LogP contribution >= 0.6 is 0 Å². The van der Waals surface area contributed by atoms with Gasteiger partial charge in [0, 0.05) is 0 Å². The van der Waals surface area contributed by atoms with Crippen LogP contribution in [0.5, 0.6) is 0 Å². The Morgan fingerprint density at radius 1 is 0.929 bits per heavy atom. The average molecular weight is 198 g/mol. The summed E-state index contributed by atoms with van der Waals surface area (Å²) < 4.78 is 9.25. The lowest BCUT2D eigenvalue weighted by atomic mass is 9.80. The fraction of sp³-hybridized carbons (Fsp3) is 0.800. The standard InChI is InChI=1S/C10H14O4/c11-7-13-5-9-3-1-2-4-10(9)6-14-8-12/h9-10H,1-6H2. The van der Waals surface area contributed by atoms with Crippen LogP contribution in [-0.4, -0.2) is 26.2 Å². The molecule has 4 heteroatoms. The molecular formula is C10H14O4. The van der Waals surface area contributed by atoms with Crippen LogP contribution in [0.1, 0.15) is 25.7 Å². The Kier molecular flexibility index (Phi) is 5.04. The van der Waals surface area contributed by atoms with E-state index in [4.69, 9.17) is 0 Å². The van der Waals surface area contributed by atoms with Crippen molar-refractivity contribution in [3.05, 3.63) is 0 Å². The summed E-state index contributed by atoms with van der Waals surface area (Å²) in [7, 11) is 0. The largest absolute Gasteiger partial charge is 0.457 e. The van der Waals surface area contributed by atoms with Crippen LogP contribution in [0.25, 0.3) is 0 Å². The van der Waals surface area contributed by atoms with Gasteiger partial charge in [-0.25, -0.2) is 9.59 Å². The smallest absolute Gasteiger partial charge is 0.417 e. The van der Waals surface area contributed by atoms with Gasteiger partial charge in [-0.2, -0.15) is 0 Å². The molecule has 0 aromatic carbocycles. The van der Waals surface area contributed by atoms with Crippen LogP contribution in [0.4, 0.5) is 0 Å². The van der Waals surface area contributed by atoms with Crippen molar-refractivity contribution in [2.75, 3.05) is 13.2 Å². The van der Waals surface area contributed by atoms with Crippen molar-refractivity contribution in [1.29, 1.82) is 0 Å². The van der Waals surface area contributed by atoms with Crippen molar-refractivity contribution >= 4 is 12.9 Å². The monoisotopic (exact) mass is 198 g/mol. The highest BCUT2D eigenvalue weighted by atomic mass is 16.5. The molecule has 1 aliphatic rings. The number of carbonyl (C=O) groups excluding carboxylic acids is 2. The van der Waals surface area contributed by atoms with Crippen molar-refractivity contribution in [3.8, 4) is 0 Å². The van der Waals surface area contributed by atoms with Gasteiger partial charge < -0.3 is 9.47 Å². The van der Waals surface area contributed by atoms with Gasteiger partial charge in [-0.1, -0.05) is 12.8 Å². The number of rotatable bonds is 6. The second-order valence-corrected chi connectivity index (χ2v) is 3.59. The fourth-order valence-corrected chi connectivity index (χ4v) is 2.01. The Morgan fingerprint density at radius 2 is 1.36 bits per heavy atom. The Balaban J connectivity index is 2.33. The first kappa shape index (κ1) is 11.0. The van der Waals surface area contributed by atoms with E-state index >= 15 is 0 Å². The highest BCUT2D eigenvalue weighted by Crippen LogP contribution is 2.30. The van der Waals surface area contributed by atoms with E-state index in [1.807, 2.05) is 0 Å². The van der Waals surface area contributed by atoms with Gasteiger partial charge >= 0.3 is 12.9 Å². The highest BCUT2D eigenvalue weighted by molar-refractivity contribution is 5.38. The maximum atomic E-state index is 9.93. The van der Waals surface area contributed by atoms with E-state index in [0.29, 0.717) is 25.0 Å². The normalized spacial score (nSPS) is 26.6. The molecule has 0 aromatic rings. The first-order valence-electron chi connectivity index (χ1n) is 4.86. The Hall–Kier alpha value is -1.06. The molecular weight excluding hydrogens is 184 g/mol. The molecule has 0 aromatic heterocycles. The zero-order valence-electron chi connectivity index (χ0n) is 8.03. The topological polar surface area (TPSA) is 52.6 Å². The number of hydrogen-bond acceptors (Lipinski definition) is 4. The minimum Gasteiger partial charge on any atom is -0.457 e. The number of ether oxygens (including phenoxy) is 2. The summed E-state index contributed by atoms with van der Waals surface area (Å²) in [6.07, 6.45) is 4.34. The molecule has 0 saturated heterocycles. The van der Waals surface area contributed by atoms with Crippen LogP contribution < -0.4 is 0 Å². The van der Waals surface area contributed by atoms with Crippen LogP contribution in [0, 0.1) is 11.8 Å². The molecule has 0 heterocycles. The molecule has 2 atom stereocenters. The summed E-state index contributed by atoms with van der Waals surface area (Å²) in [5, 5.41) is 0. The predicted octanol–water partition coefficient (Wildman–Crippen LogP) is 0.960. The Labute approximate surface area is 83.6 Å². The third kappa shape index (κ3) is 3.36. The summed E-state index contributed by atoms with van der Waals surface area (Å²) in [6, 6.07) is 0. The molecule has 78 valence electrons. The summed E-state index contributed by atoms with van der Waals surface area (Å²) in [6.45, 7) is 3.62. The Morgan fingerprint density at radius 3 is 1.71 bits per heavy atom. The summed E-state index contributed by atoms with van der Waals surface area (Å²) in [5.74, 6) is 0.608. The van der Waals surface area contributed by atoms with Gasteiger partial charge in [0.25, 0.3) is 0 Å². The predicted molar refractivity (Wildman–Crippen MR) is 48.7 cm³/mol. The number of hydrogen-bond donors (Lipinski definition) is 0. The van der Waals surface area contributed by atoms with E-state index in [1.165, 1.54) is 12.9 Å². The first-order valence-corrected chi connectivity index (χ1v) is 4.86. The summed E-state index contributed by atoms with van der Waals surface area (Å²) in [5.41, 5.74) is 0. The van der Waals surface area contributed by atoms with E-state index < -0.39 is 0 Å². The van der Waals surface area contributed by atoms with E-state index in [9.17, 15) is 9.59 Å². The highest BCUT2D eigenvalue weighted by Gasteiger charge is 2.26. The minimum absolute atomic E-state index is 0.304. The second kappa shape index (κ2) is 6.40. The van der Waals surface area contributed by atoms with E-state index in [0.717, 1.165) is 25.7 Å². The Bertz CT molecular complexity index is 161. The van der Waals surface area contributed by atoms with Gasteiger partial charge in [0.05, 0.1) is 13.2 Å². The third-order valence-corrected chi connectivity index (χ3v) is 2.78. The van der Waals surface area contributed by atoms with Crippen LogP contribution in [0.3, 0.4) is 0 Å². The van der Waals surface area contributed by atoms with Crippen LogP contribution in [0.2, 0.25) is 0 Å². The molecule has 0 spiro atoms. The summed E-state index contributed by atoms with van der Waals surface area (Å²) in [4.78, 5) is 19.9. The molecule has 1 aliphatic carbocycles. The third-order valence-electron chi connectivity index (χ3n) is 2.78. The van der Waals surface area contributed by atoms with Gasteiger partial charge in [0.15, 0.2) is 0 Å². The molecule has 14 heavy (non-hydrogen) atoms. The quantitative estimate of drug-likeness (QED) is 0.638. The maximum absolute atomic E-state index is 9.93. The van der Waals surface area contributed by atoms with Gasteiger partial charge in [-0.05, 0) is 24.7 Å². The van der Waals surface area contributed by atoms with Gasteiger partial charge in [0.2, 0.25) is 0 Å². The van der Waals surface area contributed by atoms with Crippen molar-refractivity contribution in [2.24, 2.45) is 11.8 Å². The van der Waals surface area contributed by atoms with Crippen molar-refractivity contribution in [3.63, 3.8) is 0 Å². The van der Waals surface area contributed by atoms with Crippen LogP contribution in [-0.2, 0) is 19.1 Å². The molecule has 0 aliphatic heterocycles. The van der Waals surface area contributed by atoms with Crippen molar-refractivity contribution in [2.45, 2.75) is 25.7 Å². The van der Waals surface area contributed by atoms with Crippen molar-refractivity contribution in [1.82, 2.24) is 0 Å².